The molecule has 1 N–H and O–H groups in total. The van der Waals surface area contributed by atoms with Crippen LogP contribution in [0.3, 0.4) is 0 Å². The molecule has 0 radical (unpaired) electrons. The Hall–Kier alpha value is 0.230. The highest BCUT2D eigenvalue weighted by atomic mass is 32.2. The molecule has 3 rings (SSSR count). The van der Waals surface area contributed by atoms with Crippen LogP contribution >= 0.6 is 11.8 Å². The SMILES string of the molecule is C1COC2(CCSCC2)C(CC2CCOC2)N1. The molecule has 2 atom stereocenters. The van der Waals surface area contributed by atoms with Crippen LogP contribution in [0.2, 0.25) is 0 Å². The number of thioether (sulfide) groups is 1. The number of rotatable bonds is 2. The van der Waals surface area contributed by atoms with Crippen LogP contribution < -0.4 is 5.32 Å². The van der Waals surface area contributed by atoms with Gasteiger partial charge in [0.15, 0.2) is 0 Å². The van der Waals surface area contributed by atoms with Crippen molar-refractivity contribution in [1.29, 1.82) is 0 Å². The fourth-order valence-corrected chi connectivity index (χ4v) is 4.57. The van der Waals surface area contributed by atoms with Gasteiger partial charge >= 0.3 is 0 Å². The Morgan fingerprint density at radius 3 is 2.88 bits per heavy atom. The summed E-state index contributed by atoms with van der Waals surface area (Å²) in [4.78, 5) is 0. The van der Waals surface area contributed by atoms with Gasteiger partial charge in [0.2, 0.25) is 0 Å². The molecule has 2 unspecified atom stereocenters. The number of nitrogens with one attached hydrogen (secondary N) is 1. The molecule has 3 saturated heterocycles. The first-order chi connectivity index (χ1) is 8.39. The Bertz CT molecular complexity index is 242. The number of hydrogen-bond acceptors (Lipinski definition) is 4. The second kappa shape index (κ2) is 5.47. The predicted molar refractivity (Wildman–Crippen MR) is 70.6 cm³/mol. The molecule has 0 aromatic heterocycles. The Labute approximate surface area is 108 Å². The summed E-state index contributed by atoms with van der Waals surface area (Å²) in [6, 6.07) is 0.559. The van der Waals surface area contributed by atoms with E-state index in [1.807, 2.05) is 0 Å². The summed E-state index contributed by atoms with van der Waals surface area (Å²) in [6.45, 7) is 3.83. The van der Waals surface area contributed by atoms with Crippen molar-refractivity contribution in [3.63, 3.8) is 0 Å². The molecule has 0 aliphatic carbocycles. The monoisotopic (exact) mass is 257 g/mol. The Morgan fingerprint density at radius 2 is 2.12 bits per heavy atom. The van der Waals surface area contributed by atoms with Gasteiger partial charge in [0.25, 0.3) is 0 Å². The molecule has 3 nitrogen and oxygen atoms in total. The van der Waals surface area contributed by atoms with E-state index in [2.05, 4.69) is 17.1 Å². The molecule has 3 fully saturated rings. The van der Waals surface area contributed by atoms with Crippen molar-refractivity contribution >= 4 is 11.8 Å². The van der Waals surface area contributed by atoms with Gasteiger partial charge in [0.1, 0.15) is 0 Å². The van der Waals surface area contributed by atoms with Crippen molar-refractivity contribution in [3.8, 4) is 0 Å². The van der Waals surface area contributed by atoms with Gasteiger partial charge in [0.05, 0.1) is 12.2 Å². The molecule has 1 spiro atoms. The van der Waals surface area contributed by atoms with Gasteiger partial charge in [-0.25, -0.2) is 0 Å². The summed E-state index contributed by atoms with van der Waals surface area (Å²) in [7, 11) is 0. The van der Waals surface area contributed by atoms with Crippen LogP contribution in [-0.4, -0.2) is 49.5 Å². The quantitative estimate of drug-likeness (QED) is 0.815. The van der Waals surface area contributed by atoms with Gasteiger partial charge in [-0.3, -0.25) is 0 Å². The normalized spacial score (nSPS) is 37.4. The van der Waals surface area contributed by atoms with Crippen LogP contribution in [0.25, 0.3) is 0 Å². The van der Waals surface area contributed by atoms with Crippen molar-refractivity contribution in [3.05, 3.63) is 0 Å². The smallest absolute Gasteiger partial charge is 0.0851 e. The van der Waals surface area contributed by atoms with Crippen LogP contribution in [0, 0.1) is 5.92 Å². The summed E-state index contributed by atoms with van der Waals surface area (Å²) in [6.07, 6.45) is 4.93. The average molecular weight is 257 g/mol. The molecule has 0 aromatic rings. The molecule has 0 saturated carbocycles. The van der Waals surface area contributed by atoms with E-state index in [9.17, 15) is 0 Å². The highest BCUT2D eigenvalue weighted by molar-refractivity contribution is 7.99. The minimum absolute atomic E-state index is 0.145. The van der Waals surface area contributed by atoms with Gasteiger partial charge in [-0.05, 0) is 43.1 Å². The molecule has 3 aliphatic heterocycles. The van der Waals surface area contributed by atoms with E-state index < -0.39 is 0 Å². The van der Waals surface area contributed by atoms with Crippen LogP contribution in [0.5, 0.6) is 0 Å². The fourth-order valence-electron chi connectivity index (χ4n) is 3.38. The maximum atomic E-state index is 6.21. The first-order valence-corrected chi connectivity index (χ1v) is 8.07. The molecule has 98 valence electrons. The Morgan fingerprint density at radius 1 is 1.24 bits per heavy atom. The van der Waals surface area contributed by atoms with E-state index in [1.165, 1.54) is 37.2 Å². The summed E-state index contributed by atoms with van der Waals surface area (Å²) >= 11 is 2.07. The lowest BCUT2D eigenvalue weighted by molar-refractivity contribution is -0.106. The Kier molecular flexibility index (Phi) is 3.95. The molecular weight excluding hydrogens is 234 g/mol. The van der Waals surface area contributed by atoms with Crippen molar-refractivity contribution in [2.75, 3.05) is 37.9 Å². The molecule has 3 heterocycles. The molecule has 4 heteroatoms. The number of ether oxygens (including phenoxy) is 2. The largest absolute Gasteiger partial charge is 0.381 e. The second-order valence-corrected chi connectivity index (χ2v) is 6.72. The summed E-state index contributed by atoms with van der Waals surface area (Å²) < 4.78 is 11.7. The average Bonchev–Trinajstić information content (AvgIpc) is 2.86. The van der Waals surface area contributed by atoms with E-state index in [4.69, 9.17) is 9.47 Å². The lowest BCUT2D eigenvalue weighted by Crippen LogP contribution is -2.60. The third kappa shape index (κ3) is 2.65. The third-order valence-corrected chi connectivity index (χ3v) is 5.44. The maximum absolute atomic E-state index is 6.21. The van der Waals surface area contributed by atoms with Crippen LogP contribution in [0.15, 0.2) is 0 Å². The Balaban J connectivity index is 1.65. The van der Waals surface area contributed by atoms with E-state index in [-0.39, 0.29) is 5.60 Å². The lowest BCUT2D eigenvalue weighted by Gasteiger charge is -2.47. The molecule has 0 aromatic carbocycles. The maximum Gasteiger partial charge on any atom is 0.0851 e. The van der Waals surface area contributed by atoms with E-state index in [0.717, 1.165) is 32.3 Å². The van der Waals surface area contributed by atoms with E-state index in [0.29, 0.717) is 6.04 Å². The second-order valence-electron chi connectivity index (χ2n) is 5.50. The van der Waals surface area contributed by atoms with Gasteiger partial charge in [-0.1, -0.05) is 0 Å². The highest BCUT2D eigenvalue weighted by Gasteiger charge is 2.43. The molecular formula is C13H23NO2S. The minimum Gasteiger partial charge on any atom is -0.381 e. The van der Waals surface area contributed by atoms with Gasteiger partial charge in [0, 0.05) is 25.8 Å². The zero-order valence-corrected chi connectivity index (χ0v) is 11.3. The van der Waals surface area contributed by atoms with Crippen LogP contribution in [0.1, 0.15) is 25.7 Å². The van der Waals surface area contributed by atoms with Crippen molar-refractivity contribution in [1.82, 2.24) is 5.32 Å². The summed E-state index contributed by atoms with van der Waals surface area (Å²) in [5.74, 6) is 3.28. The lowest BCUT2D eigenvalue weighted by atomic mass is 9.81. The first kappa shape index (κ1) is 12.3. The van der Waals surface area contributed by atoms with Gasteiger partial charge < -0.3 is 14.8 Å². The third-order valence-electron chi connectivity index (χ3n) is 4.45. The molecule has 3 aliphatic rings. The number of morpholine rings is 1. The molecule has 17 heavy (non-hydrogen) atoms. The number of hydrogen-bond donors (Lipinski definition) is 1. The zero-order valence-electron chi connectivity index (χ0n) is 10.5. The van der Waals surface area contributed by atoms with Crippen molar-refractivity contribution in [2.24, 2.45) is 5.92 Å². The molecule has 0 bridgehead atoms. The van der Waals surface area contributed by atoms with Crippen LogP contribution in [-0.2, 0) is 9.47 Å². The van der Waals surface area contributed by atoms with Crippen molar-refractivity contribution in [2.45, 2.75) is 37.3 Å². The van der Waals surface area contributed by atoms with Crippen molar-refractivity contribution < 1.29 is 9.47 Å². The summed E-state index contributed by atoms with van der Waals surface area (Å²) in [5, 5.41) is 3.72. The van der Waals surface area contributed by atoms with Gasteiger partial charge in [-0.2, -0.15) is 11.8 Å². The first-order valence-electron chi connectivity index (χ1n) is 6.92. The standard InChI is InChI=1S/C13H23NO2S/c1-5-15-10-11(1)9-12-13(16-6-4-14-12)2-7-17-8-3-13/h11-12,14H,1-10H2. The molecule has 0 amide bonds. The van der Waals surface area contributed by atoms with E-state index in [1.54, 1.807) is 0 Å². The zero-order chi connectivity index (χ0) is 11.6. The van der Waals surface area contributed by atoms with Gasteiger partial charge in [-0.15, -0.1) is 0 Å². The predicted octanol–water partition coefficient (Wildman–Crippen LogP) is 1.67. The fraction of sp³-hybridized carbons (Fsp3) is 1.00. The minimum atomic E-state index is 0.145. The topological polar surface area (TPSA) is 30.5 Å². The summed E-state index contributed by atoms with van der Waals surface area (Å²) in [5.41, 5.74) is 0.145. The highest BCUT2D eigenvalue weighted by Crippen LogP contribution is 2.37. The van der Waals surface area contributed by atoms with E-state index >= 15 is 0 Å². The van der Waals surface area contributed by atoms with Crippen LogP contribution in [0.4, 0.5) is 0 Å².